The van der Waals surface area contributed by atoms with E-state index in [9.17, 15) is 9.18 Å². The molecule has 1 unspecified atom stereocenters. The third-order valence-electron chi connectivity index (χ3n) is 3.12. The number of halogens is 1. The number of benzene rings is 1. The zero-order valence-corrected chi connectivity index (χ0v) is 10.8. The van der Waals surface area contributed by atoms with Gasteiger partial charge in [0.1, 0.15) is 11.6 Å². The summed E-state index contributed by atoms with van der Waals surface area (Å²) in [6.07, 6.45) is 2.60. The lowest BCUT2D eigenvalue weighted by Gasteiger charge is -2.11. The maximum absolute atomic E-state index is 12.7. The molecule has 1 amide bonds. The molecule has 0 aromatic heterocycles. The third-order valence-corrected chi connectivity index (χ3v) is 3.12. The topological polar surface area (TPSA) is 50.4 Å². The van der Waals surface area contributed by atoms with Crippen LogP contribution >= 0.6 is 0 Å². The summed E-state index contributed by atoms with van der Waals surface area (Å²) in [6.45, 7) is 2.01. The van der Waals surface area contributed by atoms with Crippen LogP contribution in [0.25, 0.3) is 0 Å². The van der Waals surface area contributed by atoms with Crippen LogP contribution in [-0.4, -0.2) is 31.6 Å². The summed E-state index contributed by atoms with van der Waals surface area (Å²) in [5.41, 5.74) is 0. The first kappa shape index (κ1) is 13.8. The van der Waals surface area contributed by atoms with Gasteiger partial charge in [-0.2, -0.15) is 0 Å². The number of hydrogen-bond acceptors (Lipinski definition) is 3. The van der Waals surface area contributed by atoms with Crippen LogP contribution in [0.15, 0.2) is 24.3 Å². The second kappa shape index (κ2) is 7.09. The standard InChI is InChI=1S/C14H19FN2O2/c15-11-3-5-13(6-4-11)19-9-7-14(18)17-10-12-2-1-8-16-12/h3-6,12,16H,1-2,7-10H2,(H,17,18). The van der Waals surface area contributed by atoms with Gasteiger partial charge in [-0.1, -0.05) is 0 Å². The van der Waals surface area contributed by atoms with Gasteiger partial charge < -0.3 is 15.4 Å². The molecule has 19 heavy (non-hydrogen) atoms. The summed E-state index contributed by atoms with van der Waals surface area (Å²) in [7, 11) is 0. The van der Waals surface area contributed by atoms with Gasteiger partial charge in [0.25, 0.3) is 0 Å². The molecule has 0 aliphatic carbocycles. The Hall–Kier alpha value is -1.62. The molecule has 0 saturated carbocycles. The lowest BCUT2D eigenvalue weighted by atomic mass is 10.2. The van der Waals surface area contributed by atoms with Gasteiger partial charge in [0.15, 0.2) is 0 Å². The Balaban J connectivity index is 1.59. The lowest BCUT2D eigenvalue weighted by Crippen LogP contribution is -2.37. The molecule has 104 valence electrons. The van der Waals surface area contributed by atoms with Gasteiger partial charge in [-0.15, -0.1) is 0 Å². The van der Waals surface area contributed by atoms with Crippen LogP contribution in [0.5, 0.6) is 5.75 Å². The Morgan fingerprint density at radius 3 is 2.89 bits per heavy atom. The number of carbonyl (C=O) groups is 1. The highest BCUT2D eigenvalue weighted by atomic mass is 19.1. The van der Waals surface area contributed by atoms with Crippen LogP contribution in [0.2, 0.25) is 0 Å². The number of amides is 1. The molecule has 1 heterocycles. The largest absolute Gasteiger partial charge is 0.493 e. The Morgan fingerprint density at radius 2 is 2.21 bits per heavy atom. The van der Waals surface area contributed by atoms with E-state index in [4.69, 9.17) is 4.74 Å². The van der Waals surface area contributed by atoms with Crippen molar-refractivity contribution in [1.29, 1.82) is 0 Å². The Bertz CT molecular complexity index is 402. The second-order valence-corrected chi connectivity index (χ2v) is 4.65. The fourth-order valence-corrected chi connectivity index (χ4v) is 2.05. The molecule has 1 atom stereocenters. The summed E-state index contributed by atoms with van der Waals surface area (Å²) in [6, 6.07) is 6.18. The maximum atomic E-state index is 12.7. The van der Waals surface area contributed by atoms with Gasteiger partial charge in [-0.05, 0) is 43.7 Å². The predicted molar refractivity (Wildman–Crippen MR) is 70.5 cm³/mol. The molecule has 1 aromatic carbocycles. The van der Waals surface area contributed by atoms with E-state index in [1.807, 2.05) is 0 Å². The number of ether oxygens (including phenoxy) is 1. The van der Waals surface area contributed by atoms with Crippen molar-refractivity contribution < 1.29 is 13.9 Å². The van der Waals surface area contributed by atoms with E-state index in [-0.39, 0.29) is 11.7 Å². The van der Waals surface area contributed by atoms with E-state index in [0.29, 0.717) is 31.4 Å². The Kier molecular flexibility index (Phi) is 5.15. The van der Waals surface area contributed by atoms with Gasteiger partial charge in [0.05, 0.1) is 13.0 Å². The smallest absolute Gasteiger partial charge is 0.223 e. The van der Waals surface area contributed by atoms with Gasteiger partial charge in [0.2, 0.25) is 5.91 Å². The molecule has 2 N–H and O–H groups in total. The van der Waals surface area contributed by atoms with Crippen LogP contribution in [0.3, 0.4) is 0 Å². The predicted octanol–water partition coefficient (Wildman–Crippen LogP) is 1.46. The van der Waals surface area contributed by atoms with E-state index >= 15 is 0 Å². The number of carbonyl (C=O) groups excluding carboxylic acids is 1. The van der Waals surface area contributed by atoms with E-state index in [0.717, 1.165) is 13.0 Å². The van der Waals surface area contributed by atoms with E-state index in [1.165, 1.54) is 18.6 Å². The third kappa shape index (κ3) is 4.87. The molecule has 4 nitrogen and oxygen atoms in total. The highest BCUT2D eigenvalue weighted by molar-refractivity contribution is 5.76. The number of hydrogen-bond donors (Lipinski definition) is 2. The molecule has 2 rings (SSSR count). The molecule has 1 aromatic rings. The Labute approximate surface area is 112 Å². The summed E-state index contributed by atoms with van der Waals surface area (Å²) in [5, 5.41) is 6.20. The van der Waals surface area contributed by atoms with Crippen molar-refractivity contribution >= 4 is 5.91 Å². The highest BCUT2D eigenvalue weighted by Crippen LogP contribution is 2.11. The van der Waals surface area contributed by atoms with Crippen LogP contribution in [0.4, 0.5) is 4.39 Å². The quantitative estimate of drug-likeness (QED) is 0.819. The fraction of sp³-hybridized carbons (Fsp3) is 0.500. The normalized spacial score (nSPS) is 18.3. The van der Waals surface area contributed by atoms with Crippen LogP contribution < -0.4 is 15.4 Å². The molecule has 1 aliphatic heterocycles. The van der Waals surface area contributed by atoms with Crippen molar-refractivity contribution in [2.24, 2.45) is 0 Å². The summed E-state index contributed by atoms with van der Waals surface area (Å²) >= 11 is 0. The molecule has 1 aliphatic rings. The second-order valence-electron chi connectivity index (χ2n) is 4.65. The summed E-state index contributed by atoms with van der Waals surface area (Å²) in [4.78, 5) is 11.6. The lowest BCUT2D eigenvalue weighted by molar-refractivity contribution is -0.121. The van der Waals surface area contributed by atoms with Crippen LogP contribution in [0.1, 0.15) is 19.3 Å². The van der Waals surface area contributed by atoms with Gasteiger partial charge >= 0.3 is 0 Å². The summed E-state index contributed by atoms with van der Waals surface area (Å²) < 4.78 is 18.0. The molecule has 0 spiro atoms. The first-order valence-corrected chi connectivity index (χ1v) is 6.62. The average Bonchev–Trinajstić information content (AvgIpc) is 2.92. The van der Waals surface area contributed by atoms with Crippen LogP contribution in [0, 0.1) is 5.82 Å². The van der Waals surface area contributed by atoms with Gasteiger partial charge in [-0.3, -0.25) is 4.79 Å². The molecule has 0 radical (unpaired) electrons. The van der Waals surface area contributed by atoms with Gasteiger partial charge in [-0.25, -0.2) is 4.39 Å². The zero-order chi connectivity index (χ0) is 13.5. The summed E-state index contributed by atoms with van der Waals surface area (Å²) in [5.74, 6) is 0.261. The number of nitrogens with one attached hydrogen (secondary N) is 2. The molecule has 5 heteroatoms. The van der Waals surface area contributed by atoms with Crippen molar-refractivity contribution in [2.45, 2.75) is 25.3 Å². The minimum absolute atomic E-state index is 0.0178. The van der Waals surface area contributed by atoms with Crippen molar-refractivity contribution in [3.8, 4) is 5.75 Å². The van der Waals surface area contributed by atoms with Crippen molar-refractivity contribution in [2.75, 3.05) is 19.7 Å². The molecule has 0 bridgehead atoms. The molecular weight excluding hydrogens is 247 g/mol. The van der Waals surface area contributed by atoms with Crippen molar-refractivity contribution in [1.82, 2.24) is 10.6 Å². The minimum Gasteiger partial charge on any atom is -0.493 e. The minimum atomic E-state index is -0.297. The van der Waals surface area contributed by atoms with Crippen molar-refractivity contribution in [3.05, 3.63) is 30.1 Å². The SMILES string of the molecule is O=C(CCOc1ccc(F)cc1)NCC1CCCN1. The molecule has 1 saturated heterocycles. The fourth-order valence-electron chi connectivity index (χ4n) is 2.05. The Morgan fingerprint density at radius 1 is 1.42 bits per heavy atom. The van der Waals surface area contributed by atoms with Crippen LogP contribution in [-0.2, 0) is 4.79 Å². The molecular formula is C14H19FN2O2. The van der Waals surface area contributed by atoms with Gasteiger partial charge in [0, 0.05) is 12.6 Å². The zero-order valence-electron chi connectivity index (χ0n) is 10.8. The van der Waals surface area contributed by atoms with E-state index < -0.39 is 0 Å². The first-order chi connectivity index (χ1) is 9.24. The molecule has 1 fully saturated rings. The number of rotatable bonds is 6. The van der Waals surface area contributed by atoms with Crippen molar-refractivity contribution in [3.63, 3.8) is 0 Å². The first-order valence-electron chi connectivity index (χ1n) is 6.62. The average molecular weight is 266 g/mol. The van der Waals surface area contributed by atoms with E-state index in [1.54, 1.807) is 12.1 Å². The maximum Gasteiger partial charge on any atom is 0.223 e. The monoisotopic (exact) mass is 266 g/mol. The highest BCUT2D eigenvalue weighted by Gasteiger charge is 2.14. The van der Waals surface area contributed by atoms with E-state index in [2.05, 4.69) is 10.6 Å².